The van der Waals surface area contributed by atoms with Crippen molar-refractivity contribution in [2.45, 2.75) is 30.8 Å². The molecule has 1 atom stereocenters. The standard InChI is InChI=1S/C15H16N6S2/c1-4-9-21-13(12-7-5-6-8-16-12)18-20-15(21)22-10(2)14-19-17-11(3)23-14/h4-8,10H,1,9H2,2-3H3. The average Bonchev–Trinajstić information content (AvgIpc) is 3.16. The average molecular weight is 344 g/mol. The van der Waals surface area contributed by atoms with Gasteiger partial charge in [0.25, 0.3) is 0 Å². The zero-order valence-corrected chi connectivity index (χ0v) is 14.5. The van der Waals surface area contributed by atoms with Gasteiger partial charge in [0, 0.05) is 12.7 Å². The molecule has 0 saturated carbocycles. The Bertz CT molecular complexity index is 795. The molecule has 0 aromatic carbocycles. The van der Waals surface area contributed by atoms with Crippen molar-refractivity contribution in [1.82, 2.24) is 29.9 Å². The second-order valence-corrected chi connectivity index (χ2v) is 7.36. The molecule has 6 nitrogen and oxygen atoms in total. The number of aromatic nitrogens is 6. The molecule has 0 saturated heterocycles. The van der Waals surface area contributed by atoms with E-state index < -0.39 is 0 Å². The molecular weight excluding hydrogens is 328 g/mol. The van der Waals surface area contributed by atoms with Crippen molar-refractivity contribution in [2.24, 2.45) is 0 Å². The first-order chi connectivity index (χ1) is 11.2. The van der Waals surface area contributed by atoms with Crippen LogP contribution in [0.1, 0.15) is 22.2 Å². The predicted molar refractivity (Wildman–Crippen MR) is 92.4 cm³/mol. The summed E-state index contributed by atoms with van der Waals surface area (Å²) in [5.41, 5.74) is 0.799. The van der Waals surface area contributed by atoms with E-state index >= 15 is 0 Å². The molecule has 118 valence electrons. The van der Waals surface area contributed by atoms with E-state index in [2.05, 4.69) is 38.9 Å². The van der Waals surface area contributed by atoms with E-state index in [0.29, 0.717) is 6.54 Å². The molecule has 0 N–H and O–H groups in total. The topological polar surface area (TPSA) is 69.4 Å². The molecule has 8 heteroatoms. The van der Waals surface area contributed by atoms with Crippen LogP contribution in [0.5, 0.6) is 0 Å². The second-order valence-electron chi connectivity index (χ2n) is 4.84. The Morgan fingerprint density at radius 2 is 2.17 bits per heavy atom. The Labute approximate surface area is 142 Å². The molecule has 0 fully saturated rings. The highest BCUT2D eigenvalue weighted by Crippen LogP contribution is 2.36. The van der Waals surface area contributed by atoms with Crippen LogP contribution in [-0.2, 0) is 6.54 Å². The van der Waals surface area contributed by atoms with Crippen LogP contribution in [0.3, 0.4) is 0 Å². The van der Waals surface area contributed by atoms with Gasteiger partial charge in [-0.1, -0.05) is 23.9 Å². The van der Waals surface area contributed by atoms with Crippen molar-refractivity contribution in [1.29, 1.82) is 0 Å². The second kappa shape index (κ2) is 7.01. The fourth-order valence-electron chi connectivity index (χ4n) is 2.04. The summed E-state index contributed by atoms with van der Waals surface area (Å²) in [6.07, 6.45) is 3.58. The molecule has 3 aromatic rings. The van der Waals surface area contributed by atoms with Crippen molar-refractivity contribution < 1.29 is 0 Å². The van der Waals surface area contributed by atoms with Gasteiger partial charge in [0.05, 0.1) is 5.25 Å². The van der Waals surface area contributed by atoms with Gasteiger partial charge in [-0.25, -0.2) is 0 Å². The third kappa shape index (κ3) is 3.48. The molecule has 0 amide bonds. The number of pyridine rings is 1. The van der Waals surface area contributed by atoms with Crippen LogP contribution in [0, 0.1) is 6.92 Å². The minimum Gasteiger partial charge on any atom is -0.297 e. The molecular formula is C15H16N6S2. The van der Waals surface area contributed by atoms with Crippen LogP contribution in [0.15, 0.2) is 42.2 Å². The lowest BCUT2D eigenvalue weighted by Crippen LogP contribution is -2.02. The van der Waals surface area contributed by atoms with E-state index in [1.54, 1.807) is 29.3 Å². The summed E-state index contributed by atoms with van der Waals surface area (Å²) in [5, 5.41) is 19.9. The Balaban J connectivity index is 1.90. The monoisotopic (exact) mass is 344 g/mol. The summed E-state index contributed by atoms with van der Waals surface area (Å²) in [6, 6.07) is 5.75. The minimum absolute atomic E-state index is 0.158. The summed E-state index contributed by atoms with van der Waals surface area (Å²) in [5.74, 6) is 0.744. The smallest absolute Gasteiger partial charge is 0.192 e. The van der Waals surface area contributed by atoms with Gasteiger partial charge < -0.3 is 0 Å². The van der Waals surface area contributed by atoms with E-state index in [1.807, 2.05) is 35.8 Å². The molecule has 0 spiro atoms. The van der Waals surface area contributed by atoms with Gasteiger partial charge in [-0.05, 0) is 26.0 Å². The van der Waals surface area contributed by atoms with Gasteiger partial charge in [-0.2, -0.15) is 0 Å². The molecule has 0 aliphatic carbocycles. The third-order valence-electron chi connectivity index (χ3n) is 3.09. The van der Waals surface area contributed by atoms with E-state index in [0.717, 1.165) is 26.7 Å². The van der Waals surface area contributed by atoms with Crippen LogP contribution in [-0.4, -0.2) is 29.9 Å². The van der Waals surface area contributed by atoms with Crippen LogP contribution < -0.4 is 0 Å². The molecule has 1 unspecified atom stereocenters. The number of thioether (sulfide) groups is 1. The molecule has 0 bridgehead atoms. The SMILES string of the molecule is C=CCn1c(SC(C)c2nnc(C)s2)nnc1-c1ccccn1. The maximum atomic E-state index is 4.36. The van der Waals surface area contributed by atoms with Gasteiger partial charge >= 0.3 is 0 Å². The summed E-state index contributed by atoms with van der Waals surface area (Å²) in [4.78, 5) is 4.36. The number of rotatable bonds is 6. The van der Waals surface area contributed by atoms with Crippen LogP contribution >= 0.6 is 23.1 Å². The van der Waals surface area contributed by atoms with Gasteiger partial charge in [0.2, 0.25) is 0 Å². The summed E-state index contributed by atoms with van der Waals surface area (Å²) < 4.78 is 2.02. The molecule has 23 heavy (non-hydrogen) atoms. The molecule has 0 aliphatic rings. The number of aryl methyl sites for hydroxylation is 1. The quantitative estimate of drug-likeness (QED) is 0.503. The lowest BCUT2D eigenvalue weighted by Gasteiger charge is -2.09. The molecule has 0 aliphatic heterocycles. The number of hydrogen-bond acceptors (Lipinski definition) is 7. The molecule has 3 heterocycles. The Morgan fingerprint density at radius 3 is 2.83 bits per heavy atom. The van der Waals surface area contributed by atoms with Gasteiger partial charge in [-0.3, -0.25) is 9.55 Å². The Morgan fingerprint density at radius 1 is 1.30 bits per heavy atom. The van der Waals surface area contributed by atoms with E-state index in [1.165, 1.54) is 0 Å². The van der Waals surface area contributed by atoms with Gasteiger partial charge in [0.1, 0.15) is 15.7 Å². The molecule has 3 rings (SSSR count). The van der Waals surface area contributed by atoms with Crippen LogP contribution in [0.25, 0.3) is 11.5 Å². The van der Waals surface area contributed by atoms with E-state index in [-0.39, 0.29) is 5.25 Å². The number of allylic oxidation sites excluding steroid dienone is 1. The van der Waals surface area contributed by atoms with Gasteiger partial charge in [0.15, 0.2) is 11.0 Å². The lowest BCUT2D eigenvalue weighted by molar-refractivity contribution is 0.727. The van der Waals surface area contributed by atoms with Crippen LogP contribution in [0.4, 0.5) is 0 Å². The maximum Gasteiger partial charge on any atom is 0.192 e. The van der Waals surface area contributed by atoms with Crippen molar-refractivity contribution in [3.05, 3.63) is 47.1 Å². The summed E-state index contributed by atoms with van der Waals surface area (Å²) in [7, 11) is 0. The highest BCUT2D eigenvalue weighted by atomic mass is 32.2. The zero-order chi connectivity index (χ0) is 16.2. The molecule has 3 aromatic heterocycles. The zero-order valence-electron chi connectivity index (χ0n) is 12.9. The number of hydrogen-bond donors (Lipinski definition) is 0. The lowest BCUT2D eigenvalue weighted by atomic mass is 10.3. The first-order valence-electron chi connectivity index (χ1n) is 7.11. The first-order valence-corrected chi connectivity index (χ1v) is 8.81. The highest BCUT2D eigenvalue weighted by molar-refractivity contribution is 7.99. The first kappa shape index (κ1) is 15.8. The Kier molecular flexibility index (Phi) is 4.82. The summed E-state index contributed by atoms with van der Waals surface area (Å²) in [6.45, 7) is 8.51. The van der Waals surface area contributed by atoms with Crippen molar-refractivity contribution in [3.8, 4) is 11.5 Å². The minimum atomic E-state index is 0.158. The van der Waals surface area contributed by atoms with Crippen molar-refractivity contribution in [2.75, 3.05) is 0 Å². The fraction of sp³-hybridized carbons (Fsp3) is 0.267. The van der Waals surface area contributed by atoms with Gasteiger partial charge in [-0.15, -0.1) is 38.3 Å². The fourth-order valence-corrected chi connectivity index (χ4v) is 3.80. The van der Waals surface area contributed by atoms with E-state index in [4.69, 9.17) is 0 Å². The van der Waals surface area contributed by atoms with E-state index in [9.17, 15) is 0 Å². The van der Waals surface area contributed by atoms with Crippen molar-refractivity contribution >= 4 is 23.1 Å². The normalized spacial score (nSPS) is 12.3. The third-order valence-corrected chi connectivity index (χ3v) is 5.35. The summed E-state index contributed by atoms with van der Waals surface area (Å²) >= 11 is 3.22. The van der Waals surface area contributed by atoms with Crippen molar-refractivity contribution in [3.63, 3.8) is 0 Å². The highest BCUT2D eigenvalue weighted by Gasteiger charge is 2.19. The largest absolute Gasteiger partial charge is 0.297 e. The predicted octanol–water partition coefficient (Wildman–Crippen LogP) is 3.54. The van der Waals surface area contributed by atoms with Crippen LogP contribution in [0.2, 0.25) is 0 Å². The molecule has 0 radical (unpaired) electrons. The number of nitrogens with zero attached hydrogens (tertiary/aromatic N) is 6. The Hall–Kier alpha value is -2.06. The maximum absolute atomic E-state index is 4.36.